The molecule has 1 aromatic rings. The number of ether oxygens (including phenoxy) is 1. The summed E-state index contributed by atoms with van der Waals surface area (Å²) in [5, 5.41) is 12.9. The van der Waals surface area contributed by atoms with Gasteiger partial charge in [-0.05, 0) is 39.3 Å². The zero-order valence-corrected chi connectivity index (χ0v) is 13.6. The second-order valence-corrected chi connectivity index (χ2v) is 6.87. The lowest BCUT2D eigenvalue weighted by Crippen LogP contribution is -2.50. The van der Waals surface area contributed by atoms with Gasteiger partial charge in [-0.1, -0.05) is 18.2 Å². The highest BCUT2D eigenvalue weighted by molar-refractivity contribution is 5.55. The SMILES string of the molecule is CC1COC(CO)CN1c1ccccc1CNC(C)(C)C. The van der Waals surface area contributed by atoms with E-state index in [1.807, 2.05) is 0 Å². The van der Waals surface area contributed by atoms with Crippen molar-refractivity contribution < 1.29 is 9.84 Å². The zero-order valence-electron chi connectivity index (χ0n) is 13.6. The molecule has 0 radical (unpaired) electrons. The fourth-order valence-electron chi connectivity index (χ4n) is 2.56. The average Bonchev–Trinajstić information content (AvgIpc) is 2.45. The molecule has 118 valence electrons. The Labute approximate surface area is 128 Å². The van der Waals surface area contributed by atoms with Gasteiger partial charge in [-0.15, -0.1) is 0 Å². The van der Waals surface area contributed by atoms with Crippen LogP contribution in [0.25, 0.3) is 0 Å². The van der Waals surface area contributed by atoms with E-state index in [4.69, 9.17) is 4.74 Å². The molecular formula is C17H28N2O2. The molecule has 0 spiro atoms. The summed E-state index contributed by atoms with van der Waals surface area (Å²) in [5.41, 5.74) is 2.62. The molecule has 0 saturated carbocycles. The highest BCUT2D eigenvalue weighted by atomic mass is 16.5. The molecule has 1 saturated heterocycles. The number of aliphatic hydroxyl groups is 1. The third-order valence-electron chi connectivity index (χ3n) is 3.82. The van der Waals surface area contributed by atoms with Gasteiger partial charge in [0.2, 0.25) is 0 Å². The summed E-state index contributed by atoms with van der Waals surface area (Å²) in [4.78, 5) is 2.35. The average molecular weight is 292 g/mol. The molecule has 2 unspecified atom stereocenters. The number of hydrogen-bond acceptors (Lipinski definition) is 4. The van der Waals surface area contributed by atoms with Crippen molar-refractivity contribution in [2.45, 2.75) is 51.9 Å². The van der Waals surface area contributed by atoms with Gasteiger partial charge >= 0.3 is 0 Å². The van der Waals surface area contributed by atoms with Crippen LogP contribution in [-0.4, -0.2) is 42.5 Å². The lowest BCUT2D eigenvalue weighted by atomic mass is 10.1. The molecule has 0 amide bonds. The number of benzene rings is 1. The molecule has 4 heteroatoms. The van der Waals surface area contributed by atoms with Gasteiger partial charge < -0.3 is 20.1 Å². The molecule has 1 aliphatic heterocycles. The lowest BCUT2D eigenvalue weighted by Gasteiger charge is -2.40. The third-order valence-corrected chi connectivity index (χ3v) is 3.82. The van der Waals surface area contributed by atoms with Crippen LogP contribution in [0.4, 0.5) is 5.69 Å². The van der Waals surface area contributed by atoms with Crippen LogP contribution in [0.3, 0.4) is 0 Å². The Morgan fingerprint density at radius 3 is 2.71 bits per heavy atom. The number of morpholine rings is 1. The van der Waals surface area contributed by atoms with Crippen LogP contribution in [-0.2, 0) is 11.3 Å². The standard InChI is InChI=1S/C17H28N2O2/c1-13-12-21-15(11-20)10-19(13)16-8-6-5-7-14(16)9-18-17(2,3)4/h5-8,13,15,18,20H,9-12H2,1-4H3. The van der Waals surface area contributed by atoms with E-state index in [9.17, 15) is 5.11 Å². The van der Waals surface area contributed by atoms with Crippen LogP contribution >= 0.6 is 0 Å². The van der Waals surface area contributed by atoms with Crippen molar-refractivity contribution in [3.05, 3.63) is 29.8 Å². The van der Waals surface area contributed by atoms with E-state index in [1.165, 1.54) is 11.3 Å². The minimum Gasteiger partial charge on any atom is -0.394 e. The van der Waals surface area contributed by atoms with Gasteiger partial charge in [0.1, 0.15) is 0 Å². The first kappa shape index (κ1) is 16.3. The van der Waals surface area contributed by atoms with Crippen LogP contribution in [0.15, 0.2) is 24.3 Å². The summed E-state index contributed by atoms with van der Waals surface area (Å²) in [6, 6.07) is 8.81. The van der Waals surface area contributed by atoms with Gasteiger partial charge in [0.25, 0.3) is 0 Å². The molecule has 1 aliphatic rings. The quantitative estimate of drug-likeness (QED) is 0.892. The van der Waals surface area contributed by atoms with E-state index in [0.717, 1.165) is 13.1 Å². The molecule has 0 bridgehead atoms. The summed E-state index contributed by atoms with van der Waals surface area (Å²) in [6.45, 7) is 11.0. The first-order valence-electron chi connectivity index (χ1n) is 7.73. The fourth-order valence-corrected chi connectivity index (χ4v) is 2.56. The molecular weight excluding hydrogens is 264 g/mol. The van der Waals surface area contributed by atoms with Crippen molar-refractivity contribution in [1.82, 2.24) is 5.32 Å². The topological polar surface area (TPSA) is 44.7 Å². The molecule has 2 atom stereocenters. The molecule has 0 aromatic heterocycles. The van der Waals surface area contributed by atoms with Crippen molar-refractivity contribution in [3.8, 4) is 0 Å². The molecule has 21 heavy (non-hydrogen) atoms. The molecule has 1 aromatic carbocycles. The minimum absolute atomic E-state index is 0.0750. The number of hydrogen-bond donors (Lipinski definition) is 2. The predicted octanol–water partition coefficient (Wildman–Crippen LogP) is 2.16. The summed E-state index contributed by atoms with van der Waals surface area (Å²) in [7, 11) is 0. The first-order valence-corrected chi connectivity index (χ1v) is 7.73. The van der Waals surface area contributed by atoms with Crippen molar-refractivity contribution in [3.63, 3.8) is 0 Å². The van der Waals surface area contributed by atoms with Crippen molar-refractivity contribution >= 4 is 5.69 Å². The number of aliphatic hydroxyl groups excluding tert-OH is 1. The maximum absolute atomic E-state index is 9.36. The van der Waals surface area contributed by atoms with Crippen LogP contribution < -0.4 is 10.2 Å². The smallest absolute Gasteiger partial charge is 0.0981 e. The Hall–Kier alpha value is -1.10. The van der Waals surface area contributed by atoms with E-state index < -0.39 is 0 Å². The normalized spacial score (nSPS) is 23.4. The maximum Gasteiger partial charge on any atom is 0.0981 e. The second-order valence-electron chi connectivity index (χ2n) is 6.87. The summed E-state index contributed by atoms with van der Waals surface area (Å²) < 4.78 is 5.64. The van der Waals surface area contributed by atoms with Gasteiger partial charge in [0.15, 0.2) is 0 Å². The Kier molecular flexibility index (Phi) is 5.25. The first-order chi connectivity index (χ1) is 9.90. The number of nitrogens with one attached hydrogen (secondary N) is 1. The van der Waals surface area contributed by atoms with Crippen molar-refractivity contribution in [1.29, 1.82) is 0 Å². The highest BCUT2D eigenvalue weighted by Crippen LogP contribution is 2.26. The van der Waals surface area contributed by atoms with E-state index in [1.54, 1.807) is 0 Å². The number of para-hydroxylation sites is 1. The molecule has 0 aliphatic carbocycles. The fraction of sp³-hybridized carbons (Fsp3) is 0.647. The van der Waals surface area contributed by atoms with Gasteiger partial charge in [-0.2, -0.15) is 0 Å². The highest BCUT2D eigenvalue weighted by Gasteiger charge is 2.27. The van der Waals surface area contributed by atoms with Crippen LogP contribution in [0.5, 0.6) is 0 Å². The molecule has 4 nitrogen and oxygen atoms in total. The minimum atomic E-state index is -0.0927. The summed E-state index contributed by atoms with van der Waals surface area (Å²) in [5.74, 6) is 0. The number of nitrogens with zero attached hydrogens (tertiary/aromatic N) is 1. The summed E-state index contributed by atoms with van der Waals surface area (Å²) >= 11 is 0. The monoisotopic (exact) mass is 292 g/mol. The Balaban J connectivity index is 2.18. The van der Waals surface area contributed by atoms with Gasteiger partial charge in [0.05, 0.1) is 19.3 Å². The zero-order chi connectivity index (χ0) is 15.5. The van der Waals surface area contributed by atoms with Crippen LogP contribution in [0, 0.1) is 0 Å². The van der Waals surface area contributed by atoms with Crippen molar-refractivity contribution in [2.75, 3.05) is 24.7 Å². The Morgan fingerprint density at radius 1 is 1.33 bits per heavy atom. The number of anilines is 1. The van der Waals surface area contributed by atoms with Crippen molar-refractivity contribution in [2.24, 2.45) is 0 Å². The predicted molar refractivity (Wildman–Crippen MR) is 86.7 cm³/mol. The van der Waals surface area contributed by atoms with Crippen LogP contribution in [0.1, 0.15) is 33.3 Å². The van der Waals surface area contributed by atoms with E-state index in [2.05, 4.69) is 62.2 Å². The van der Waals surface area contributed by atoms with Gasteiger partial charge in [-0.3, -0.25) is 0 Å². The maximum atomic E-state index is 9.36. The second kappa shape index (κ2) is 6.77. The third kappa shape index (κ3) is 4.43. The van der Waals surface area contributed by atoms with E-state index in [0.29, 0.717) is 12.6 Å². The van der Waals surface area contributed by atoms with E-state index >= 15 is 0 Å². The Bertz CT molecular complexity index is 456. The molecule has 1 heterocycles. The lowest BCUT2D eigenvalue weighted by molar-refractivity contribution is -0.0103. The van der Waals surface area contributed by atoms with Crippen LogP contribution in [0.2, 0.25) is 0 Å². The van der Waals surface area contributed by atoms with Gasteiger partial charge in [0, 0.05) is 30.4 Å². The Morgan fingerprint density at radius 2 is 2.05 bits per heavy atom. The largest absolute Gasteiger partial charge is 0.394 e. The summed E-state index contributed by atoms with van der Waals surface area (Å²) in [6.07, 6.45) is -0.0927. The molecule has 2 N–H and O–H groups in total. The van der Waals surface area contributed by atoms with E-state index in [-0.39, 0.29) is 18.2 Å². The molecule has 2 rings (SSSR count). The van der Waals surface area contributed by atoms with Gasteiger partial charge in [-0.25, -0.2) is 0 Å². The number of rotatable bonds is 4. The molecule has 1 fully saturated rings.